The van der Waals surface area contributed by atoms with Crippen molar-refractivity contribution < 1.29 is 19.5 Å². The van der Waals surface area contributed by atoms with Crippen LogP contribution in [0.4, 0.5) is 5.69 Å². The highest BCUT2D eigenvalue weighted by Gasteiger charge is 2.38. The van der Waals surface area contributed by atoms with E-state index in [9.17, 15) is 14.4 Å². The third-order valence-corrected chi connectivity index (χ3v) is 5.50. The maximum atomic E-state index is 12.6. The Bertz CT molecular complexity index is 903. The van der Waals surface area contributed by atoms with Gasteiger partial charge in [-0.25, -0.2) is 9.80 Å². The van der Waals surface area contributed by atoms with Gasteiger partial charge in [0.15, 0.2) is 4.32 Å². The number of carboxylic acid groups (broad SMARTS) is 1. The van der Waals surface area contributed by atoms with Crippen molar-refractivity contribution in [1.29, 1.82) is 0 Å². The first kappa shape index (κ1) is 19.8. The van der Waals surface area contributed by atoms with Crippen molar-refractivity contribution in [3.63, 3.8) is 0 Å². The Balaban J connectivity index is 1.54. The Labute approximate surface area is 171 Å². The molecule has 1 aliphatic rings. The van der Waals surface area contributed by atoms with Gasteiger partial charge in [0.2, 0.25) is 5.91 Å². The number of aromatic carboxylic acids is 1. The maximum absolute atomic E-state index is 12.6. The molecule has 3 N–H and O–H groups in total. The SMILES string of the molecule is O=C(Cc1ccccc1)NN1C(=O)C(CNc2ccc(C(=O)O)cc2)SC1=S. The number of hydrogen-bond acceptors (Lipinski definition) is 6. The van der Waals surface area contributed by atoms with E-state index in [1.165, 1.54) is 23.9 Å². The summed E-state index contributed by atoms with van der Waals surface area (Å²) in [5.74, 6) is -1.62. The van der Waals surface area contributed by atoms with E-state index in [0.29, 0.717) is 16.6 Å². The first-order valence-electron chi connectivity index (χ1n) is 8.39. The lowest BCUT2D eigenvalue weighted by atomic mass is 10.1. The average Bonchev–Trinajstić information content (AvgIpc) is 2.95. The van der Waals surface area contributed by atoms with Crippen LogP contribution in [0.3, 0.4) is 0 Å². The van der Waals surface area contributed by atoms with E-state index in [4.69, 9.17) is 17.3 Å². The Kier molecular flexibility index (Phi) is 6.27. The van der Waals surface area contributed by atoms with Crippen LogP contribution in [0.1, 0.15) is 15.9 Å². The van der Waals surface area contributed by atoms with Crippen molar-refractivity contribution in [2.24, 2.45) is 0 Å². The number of nitrogens with one attached hydrogen (secondary N) is 2. The molecule has 1 heterocycles. The van der Waals surface area contributed by atoms with Crippen LogP contribution in [0, 0.1) is 0 Å². The van der Waals surface area contributed by atoms with Gasteiger partial charge in [0.1, 0.15) is 5.25 Å². The summed E-state index contributed by atoms with van der Waals surface area (Å²) in [6.07, 6.45) is 0.150. The Morgan fingerprint density at radius 2 is 1.79 bits per heavy atom. The predicted octanol–water partition coefficient (Wildman–Crippen LogP) is 2.30. The first-order valence-corrected chi connectivity index (χ1v) is 9.68. The molecule has 2 amide bonds. The first-order chi connectivity index (χ1) is 13.4. The molecular formula is C19H17N3O4S2. The summed E-state index contributed by atoms with van der Waals surface area (Å²) < 4.78 is 0.291. The van der Waals surface area contributed by atoms with E-state index in [0.717, 1.165) is 10.6 Å². The normalized spacial score (nSPS) is 16.1. The van der Waals surface area contributed by atoms with E-state index in [1.807, 2.05) is 30.3 Å². The van der Waals surface area contributed by atoms with Crippen molar-refractivity contribution in [3.05, 3.63) is 65.7 Å². The van der Waals surface area contributed by atoms with Gasteiger partial charge >= 0.3 is 5.97 Å². The fourth-order valence-corrected chi connectivity index (χ4v) is 3.92. The average molecular weight is 415 g/mol. The number of hydrogen-bond donors (Lipinski definition) is 3. The van der Waals surface area contributed by atoms with E-state index in [-0.39, 0.29) is 23.8 Å². The summed E-state index contributed by atoms with van der Waals surface area (Å²) in [6, 6.07) is 15.4. The summed E-state index contributed by atoms with van der Waals surface area (Å²) in [5.41, 5.74) is 4.28. The minimum Gasteiger partial charge on any atom is -0.478 e. The lowest BCUT2D eigenvalue weighted by Crippen LogP contribution is -2.47. The molecule has 144 valence electrons. The van der Waals surface area contributed by atoms with Crippen LogP contribution in [0.15, 0.2) is 54.6 Å². The topological polar surface area (TPSA) is 98.7 Å². The maximum Gasteiger partial charge on any atom is 0.335 e. The van der Waals surface area contributed by atoms with Gasteiger partial charge in [-0.15, -0.1) is 0 Å². The Morgan fingerprint density at radius 3 is 2.43 bits per heavy atom. The zero-order chi connectivity index (χ0) is 20.1. The molecule has 0 spiro atoms. The number of benzene rings is 2. The monoisotopic (exact) mass is 415 g/mol. The molecule has 1 saturated heterocycles. The van der Waals surface area contributed by atoms with Crippen LogP contribution < -0.4 is 10.7 Å². The van der Waals surface area contributed by atoms with Gasteiger partial charge < -0.3 is 10.4 Å². The van der Waals surface area contributed by atoms with Gasteiger partial charge in [-0.2, -0.15) is 0 Å². The fourth-order valence-electron chi connectivity index (χ4n) is 2.58. The van der Waals surface area contributed by atoms with Crippen LogP contribution >= 0.6 is 24.0 Å². The van der Waals surface area contributed by atoms with E-state index in [1.54, 1.807) is 12.1 Å². The minimum atomic E-state index is -1.000. The summed E-state index contributed by atoms with van der Waals surface area (Å²) in [7, 11) is 0. The second-order valence-electron chi connectivity index (χ2n) is 6.01. The highest BCUT2D eigenvalue weighted by atomic mass is 32.2. The molecule has 0 aliphatic carbocycles. The number of nitrogens with zero attached hydrogens (tertiary/aromatic N) is 1. The largest absolute Gasteiger partial charge is 0.478 e. The molecule has 0 aromatic heterocycles. The Hall–Kier alpha value is -2.91. The van der Waals surface area contributed by atoms with Gasteiger partial charge in [-0.05, 0) is 29.8 Å². The molecule has 1 fully saturated rings. The lowest BCUT2D eigenvalue weighted by Gasteiger charge is -2.17. The third kappa shape index (κ3) is 4.87. The molecule has 7 nitrogen and oxygen atoms in total. The van der Waals surface area contributed by atoms with Crippen LogP contribution in [-0.4, -0.2) is 44.0 Å². The highest BCUT2D eigenvalue weighted by molar-refractivity contribution is 8.24. The third-order valence-electron chi connectivity index (χ3n) is 3.99. The van der Waals surface area contributed by atoms with E-state index in [2.05, 4.69) is 10.7 Å². The van der Waals surface area contributed by atoms with Gasteiger partial charge in [-0.1, -0.05) is 54.3 Å². The molecule has 3 rings (SSSR count). The number of carboxylic acids is 1. The molecule has 1 unspecified atom stereocenters. The van der Waals surface area contributed by atoms with Crippen LogP contribution in [0.5, 0.6) is 0 Å². The number of hydrazine groups is 1. The quantitative estimate of drug-likeness (QED) is 0.597. The number of carbonyl (C=O) groups excluding carboxylic acids is 2. The molecule has 0 saturated carbocycles. The molecule has 9 heteroatoms. The molecule has 1 aliphatic heterocycles. The standard InChI is InChI=1S/C19H17N3O4S2/c23-16(10-12-4-2-1-3-5-12)21-22-17(24)15(28-19(22)27)11-20-14-8-6-13(7-9-14)18(25)26/h1-9,15,20H,10-11H2,(H,21,23)(H,25,26). The fraction of sp³-hybridized carbons (Fsp3) is 0.158. The van der Waals surface area contributed by atoms with Crippen molar-refractivity contribution in [2.75, 3.05) is 11.9 Å². The van der Waals surface area contributed by atoms with Crippen molar-refractivity contribution in [3.8, 4) is 0 Å². The number of amides is 2. The number of thiocarbonyl (C=S) groups is 1. The second-order valence-corrected chi connectivity index (χ2v) is 7.84. The predicted molar refractivity (Wildman–Crippen MR) is 111 cm³/mol. The number of rotatable bonds is 7. The van der Waals surface area contributed by atoms with Gasteiger partial charge in [0.05, 0.1) is 12.0 Å². The Morgan fingerprint density at radius 1 is 1.11 bits per heavy atom. The summed E-state index contributed by atoms with van der Waals surface area (Å²) in [4.78, 5) is 35.6. The molecular weight excluding hydrogens is 398 g/mol. The van der Waals surface area contributed by atoms with Crippen LogP contribution in [0.2, 0.25) is 0 Å². The second kappa shape index (κ2) is 8.85. The van der Waals surface area contributed by atoms with Crippen LogP contribution in [-0.2, 0) is 16.0 Å². The van der Waals surface area contributed by atoms with Crippen molar-refractivity contribution in [2.45, 2.75) is 11.7 Å². The number of thioether (sulfide) groups is 1. The van der Waals surface area contributed by atoms with E-state index < -0.39 is 11.2 Å². The van der Waals surface area contributed by atoms with Gasteiger partial charge in [-0.3, -0.25) is 15.0 Å². The zero-order valence-corrected chi connectivity index (χ0v) is 16.3. The number of anilines is 1. The zero-order valence-electron chi connectivity index (χ0n) is 14.6. The molecule has 28 heavy (non-hydrogen) atoms. The number of carbonyl (C=O) groups is 3. The molecule has 2 aromatic carbocycles. The van der Waals surface area contributed by atoms with Crippen LogP contribution in [0.25, 0.3) is 0 Å². The smallest absolute Gasteiger partial charge is 0.335 e. The molecule has 1 atom stereocenters. The van der Waals surface area contributed by atoms with Gasteiger partial charge in [0.25, 0.3) is 5.91 Å². The molecule has 0 bridgehead atoms. The van der Waals surface area contributed by atoms with Crippen molar-refractivity contribution in [1.82, 2.24) is 10.4 Å². The summed E-state index contributed by atoms with van der Waals surface area (Å²) >= 11 is 6.41. The van der Waals surface area contributed by atoms with Crippen molar-refractivity contribution >= 4 is 51.8 Å². The van der Waals surface area contributed by atoms with Gasteiger partial charge in [0, 0.05) is 12.2 Å². The summed E-state index contributed by atoms with van der Waals surface area (Å²) in [6.45, 7) is 0.293. The summed E-state index contributed by atoms with van der Waals surface area (Å²) in [5, 5.41) is 12.6. The van der Waals surface area contributed by atoms with E-state index >= 15 is 0 Å². The lowest BCUT2D eigenvalue weighted by molar-refractivity contribution is -0.135. The minimum absolute atomic E-state index is 0.150. The highest BCUT2D eigenvalue weighted by Crippen LogP contribution is 2.26. The molecule has 0 radical (unpaired) electrons. The molecule has 2 aromatic rings.